The molecule has 2 atom stereocenters. The van der Waals surface area contributed by atoms with Crippen molar-refractivity contribution in [3.63, 3.8) is 0 Å². The van der Waals surface area contributed by atoms with Crippen molar-refractivity contribution in [2.45, 2.75) is 38.4 Å². The molecule has 0 spiro atoms. The van der Waals surface area contributed by atoms with E-state index in [2.05, 4.69) is 20.9 Å². The normalized spacial score (nSPS) is 23.0. The second-order valence-electron chi connectivity index (χ2n) is 7.47. The summed E-state index contributed by atoms with van der Waals surface area (Å²) in [5.41, 5.74) is 1.86. The van der Waals surface area contributed by atoms with Crippen LogP contribution in [0, 0.1) is 6.92 Å². The summed E-state index contributed by atoms with van der Waals surface area (Å²) in [6, 6.07) is 12.8. The van der Waals surface area contributed by atoms with Crippen LogP contribution in [-0.2, 0) is 6.54 Å². The standard InChI is InChI=1S/C21H23N3O2/c1-14-2-4-17(26-14)13-23-10-7-20-19(23)8-11-24(20)21(25)16-3-5-18-15(12-16)6-9-22-18/h2-6,9,12,19-20,22H,7-8,10-11,13H2,1H3/t19-,20+/m0/s1. The Kier molecular flexibility index (Phi) is 3.64. The number of likely N-dealkylation sites (tertiary alicyclic amines) is 2. The molecule has 1 N–H and O–H groups in total. The zero-order chi connectivity index (χ0) is 17.7. The first-order valence-electron chi connectivity index (χ1n) is 9.36. The first kappa shape index (κ1) is 15.7. The Bertz CT molecular complexity index is 957. The fourth-order valence-corrected chi connectivity index (χ4v) is 4.65. The molecule has 26 heavy (non-hydrogen) atoms. The lowest BCUT2D eigenvalue weighted by molar-refractivity contribution is 0.0731. The van der Waals surface area contributed by atoms with E-state index in [0.29, 0.717) is 12.1 Å². The van der Waals surface area contributed by atoms with Crippen molar-refractivity contribution in [1.29, 1.82) is 0 Å². The van der Waals surface area contributed by atoms with Crippen molar-refractivity contribution in [2.75, 3.05) is 13.1 Å². The minimum absolute atomic E-state index is 0.163. The molecule has 0 bridgehead atoms. The van der Waals surface area contributed by atoms with Gasteiger partial charge in [0.05, 0.1) is 6.54 Å². The second-order valence-corrected chi connectivity index (χ2v) is 7.47. The smallest absolute Gasteiger partial charge is 0.254 e. The number of H-pyrrole nitrogens is 1. The maximum atomic E-state index is 13.1. The fraction of sp³-hybridized carbons (Fsp3) is 0.381. The lowest BCUT2D eigenvalue weighted by Gasteiger charge is -2.25. The molecule has 2 saturated heterocycles. The van der Waals surface area contributed by atoms with Crippen LogP contribution in [0.3, 0.4) is 0 Å². The minimum Gasteiger partial charge on any atom is -0.465 e. The van der Waals surface area contributed by atoms with Crippen molar-refractivity contribution in [1.82, 2.24) is 14.8 Å². The molecular weight excluding hydrogens is 326 g/mol. The highest BCUT2D eigenvalue weighted by Crippen LogP contribution is 2.34. The maximum absolute atomic E-state index is 13.1. The number of aromatic nitrogens is 1. The number of aryl methyl sites for hydroxylation is 1. The SMILES string of the molecule is Cc1ccc(CN2CC[C@@H]3[C@@H]2CCN3C(=O)c2ccc3[nH]ccc3c2)o1. The van der Waals surface area contributed by atoms with Gasteiger partial charge in [0, 0.05) is 47.8 Å². The van der Waals surface area contributed by atoms with Crippen molar-refractivity contribution in [3.8, 4) is 0 Å². The summed E-state index contributed by atoms with van der Waals surface area (Å²) in [4.78, 5) is 20.9. The van der Waals surface area contributed by atoms with Crippen LogP contribution in [-0.4, -0.2) is 45.9 Å². The quantitative estimate of drug-likeness (QED) is 0.787. The van der Waals surface area contributed by atoms with Crippen molar-refractivity contribution in [3.05, 3.63) is 59.7 Å². The van der Waals surface area contributed by atoms with Crippen LogP contribution in [0.25, 0.3) is 10.9 Å². The number of hydrogen-bond donors (Lipinski definition) is 1. The minimum atomic E-state index is 0.163. The molecule has 2 fully saturated rings. The highest BCUT2D eigenvalue weighted by molar-refractivity contribution is 5.98. The number of hydrogen-bond acceptors (Lipinski definition) is 3. The molecule has 5 heteroatoms. The van der Waals surface area contributed by atoms with Crippen LogP contribution in [0.1, 0.15) is 34.7 Å². The van der Waals surface area contributed by atoms with E-state index in [4.69, 9.17) is 4.42 Å². The molecular formula is C21H23N3O2. The molecule has 3 aromatic rings. The van der Waals surface area contributed by atoms with Crippen LogP contribution in [0.4, 0.5) is 0 Å². The van der Waals surface area contributed by atoms with Crippen molar-refractivity contribution < 1.29 is 9.21 Å². The van der Waals surface area contributed by atoms with E-state index in [1.165, 1.54) is 0 Å². The molecule has 5 nitrogen and oxygen atoms in total. The third kappa shape index (κ3) is 2.54. The van der Waals surface area contributed by atoms with Crippen LogP contribution in [0.5, 0.6) is 0 Å². The van der Waals surface area contributed by atoms with Gasteiger partial charge in [-0.2, -0.15) is 0 Å². The first-order chi connectivity index (χ1) is 12.7. The van der Waals surface area contributed by atoms with Crippen LogP contribution in [0.2, 0.25) is 0 Å². The van der Waals surface area contributed by atoms with E-state index in [-0.39, 0.29) is 5.91 Å². The molecule has 0 aliphatic carbocycles. The van der Waals surface area contributed by atoms with Gasteiger partial charge in [-0.05, 0) is 56.2 Å². The van der Waals surface area contributed by atoms with Crippen LogP contribution in [0.15, 0.2) is 47.0 Å². The average Bonchev–Trinajstić information content (AvgIpc) is 3.39. The van der Waals surface area contributed by atoms with E-state index in [9.17, 15) is 4.79 Å². The van der Waals surface area contributed by atoms with Crippen LogP contribution < -0.4 is 0 Å². The molecule has 4 heterocycles. The molecule has 0 saturated carbocycles. The Morgan fingerprint density at radius 3 is 2.88 bits per heavy atom. The third-order valence-electron chi connectivity index (χ3n) is 5.91. The first-order valence-corrected chi connectivity index (χ1v) is 9.36. The highest BCUT2D eigenvalue weighted by Gasteiger charge is 2.44. The Hall–Kier alpha value is -2.53. The summed E-state index contributed by atoms with van der Waals surface area (Å²) < 4.78 is 5.75. The van der Waals surface area contributed by atoms with E-state index in [1.807, 2.05) is 43.5 Å². The second kappa shape index (κ2) is 6.02. The predicted octanol–water partition coefficient (Wildman–Crippen LogP) is 3.56. The number of benzene rings is 1. The van der Waals surface area contributed by atoms with Gasteiger partial charge in [0.25, 0.3) is 5.91 Å². The molecule has 0 radical (unpaired) electrons. The molecule has 134 valence electrons. The highest BCUT2D eigenvalue weighted by atomic mass is 16.3. The zero-order valence-corrected chi connectivity index (χ0v) is 14.9. The lowest BCUT2D eigenvalue weighted by Crippen LogP contribution is -2.39. The summed E-state index contributed by atoms with van der Waals surface area (Å²) in [6.45, 7) is 4.68. The lowest BCUT2D eigenvalue weighted by atomic mass is 10.1. The third-order valence-corrected chi connectivity index (χ3v) is 5.91. The van der Waals surface area contributed by atoms with Gasteiger partial charge >= 0.3 is 0 Å². The molecule has 1 aromatic carbocycles. The number of fused-ring (bicyclic) bond motifs is 2. The van der Waals surface area contributed by atoms with Crippen molar-refractivity contribution >= 4 is 16.8 Å². The van der Waals surface area contributed by atoms with Gasteiger partial charge in [0.1, 0.15) is 11.5 Å². The van der Waals surface area contributed by atoms with Gasteiger partial charge in [-0.15, -0.1) is 0 Å². The molecule has 1 amide bonds. The topological polar surface area (TPSA) is 52.5 Å². The van der Waals surface area contributed by atoms with Gasteiger partial charge < -0.3 is 14.3 Å². The summed E-state index contributed by atoms with van der Waals surface area (Å²) in [7, 11) is 0. The van der Waals surface area contributed by atoms with E-state index in [1.54, 1.807) is 0 Å². The number of nitrogens with one attached hydrogen (secondary N) is 1. The summed E-state index contributed by atoms with van der Waals surface area (Å²) in [6.07, 6.45) is 4.00. The monoisotopic (exact) mass is 349 g/mol. The predicted molar refractivity (Wildman–Crippen MR) is 100 cm³/mol. The maximum Gasteiger partial charge on any atom is 0.254 e. The van der Waals surface area contributed by atoms with E-state index < -0.39 is 0 Å². The van der Waals surface area contributed by atoms with Gasteiger partial charge in [0.15, 0.2) is 0 Å². The molecule has 2 aliphatic heterocycles. The average molecular weight is 349 g/mol. The number of amides is 1. The van der Waals surface area contributed by atoms with Gasteiger partial charge in [-0.3, -0.25) is 9.69 Å². The van der Waals surface area contributed by atoms with Gasteiger partial charge in [0.2, 0.25) is 0 Å². The number of furan rings is 1. The molecule has 2 aromatic heterocycles. The number of aromatic amines is 1. The fourth-order valence-electron chi connectivity index (χ4n) is 4.65. The Morgan fingerprint density at radius 2 is 2.04 bits per heavy atom. The Morgan fingerprint density at radius 1 is 1.15 bits per heavy atom. The summed E-state index contributed by atoms with van der Waals surface area (Å²) in [5, 5.41) is 1.09. The number of rotatable bonds is 3. The Labute approximate surface area is 152 Å². The molecule has 0 unspecified atom stereocenters. The van der Waals surface area contributed by atoms with Gasteiger partial charge in [-0.1, -0.05) is 0 Å². The van der Waals surface area contributed by atoms with E-state index >= 15 is 0 Å². The number of carbonyl (C=O) groups is 1. The number of nitrogens with zero attached hydrogens (tertiary/aromatic N) is 2. The zero-order valence-electron chi connectivity index (χ0n) is 14.9. The summed E-state index contributed by atoms with van der Waals surface area (Å²) in [5.74, 6) is 2.14. The van der Waals surface area contributed by atoms with Crippen molar-refractivity contribution in [2.24, 2.45) is 0 Å². The Balaban J connectivity index is 1.33. The van der Waals surface area contributed by atoms with Crippen LogP contribution >= 0.6 is 0 Å². The molecule has 5 rings (SSSR count). The summed E-state index contributed by atoms with van der Waals surface area (Å²) >= 11 is 0. The largest absolute Gasteiger partial charge is 0.465 e. The molecule has 2 aliphatic rings. The van der Waals surface area contributed by atoms with E-state index in [0.717, 1.165) is 60.5 Å². The van der Waals surface area contributed by atoms with Gasteiger partial charge in [-0.25, -0.2) is 0 Å². The number of carbonyl (C=O) groups excluding carboxylic acids is 1.